The Bertz CT molecular complexity index is 973. The maximum Gasteiger partial charge on any atom is 0.251 e. The second kappa shape index (κ2) is 8.30. The van der Waals surface area contributed by atoms with Crippen molar-refractivity contribution in [2.75, 3.05) is 12.4 Å². The Morgan fingerprint density at radius 3 is 2.43 bits per heavy atom. The van der Waals surface area contributed by atoms with Gasteiger partial charge in [-0.05, 0) is 63.1 Å². The molecule has 1 amide bonds. The van der Waals surface area contributed by atoms with Gasteiger partial charge in [-0.1, -0.05) is 24.3 Å². The molecule has 0 aliphatic carbocycles. The van der Waals surface area contributed by atoms with Gasteiger partial charge < -0.3 is 10.6 Å². The summed E-state index contributed by atoms with van der Waals surface area (Å²) in [5.41, 5.74) is 6.97. The summed E-state index contributed by atoms with van der Waals surface area (Å²) in [6, 6.07) is 15.8. The molecular weight excluding hydrogens is 348 g/mol. The van der Waals surface area contributed by atoms with Gasteiger partial charge in [0.25, 0.3) is 5.91 Å². The molecule has 0 aliphatic heterocycles. The smallest absolute Gasteiger partial charge is 0.251 e. The molecule has 0 unspecified atom stereocenters. The minimum atomic E-state index is -0.105. The molecule has 1 atom stereocenters. The van der Waals surface area contributed by atoms with Gasteiger partial charge in [0.1, 0.15) is 0 Å². The lowest BCUT2D eigenvalue weighted by atomic mass is 10.0. The van der Waals surface area contributed by atoms with Gasteiger partial charge in [-0.15, -0.1) is 0 Å². The largest absolute Gasteiger partial charge is 0.388 e. The van der Waals surface area contributed by atoms with Crippen molar-refractivity contribution in [1.29, 1.82) is 0 Å². The van der Waals surface area contributed by atoms with Crippen molar-refractivity contribution < 1.29 is 4.79 Å². The topological polar surface area (TPSA) is 59.0 Å². The molecule has 1 aromatic heterocycles. The summed E-state index contributed by atoms with van der Waals surface area (Å²) in [4.78, 5) is 12.9. The van der Waals surface area contributed by atoms with Gasteiger partial charge in [-0.2, -0.15) is 5.10 Å². The van der Waals surface area contributed by atoms with Crippen molar-refractivity contribution in [3.8, 4) is 11.1 Å². The van der Waals surface area contributed by atoms with E-state index < -0.39 is 0 Å². The number of nitrogens with one attached hydrogen (secondary N) is 2. The van der Waals surface area contributed by atoms with Crippen LogP contribution in [0.15, 0.2) is 48.5 Å². The van der Waals surface area contributed by atoms with E-state index in [1.54, 1.807) is 0 Å². The fraction of sp³-hybridized carbons (Fsp3) is 0.304. The Kier molecular flexibility index (Phi) is 5.83. The molecule has 0 radical (unpaired) electrons. The number of rotatable bonds is 6. The third kappa shape index (κ3) is 3.93. The lowest BCUT2D eigenvalue weighted by Crippen LogP contribution is -2.27. The van der Waals surface area contributed by atoms with Gasteiger partial charge >= 0.3 is 0 Å². The summed E-state index contributed by atoms with van der Waals surface area (Å²) in [5, 5.41) is 10.8. The molecule has 0 fully saturated rings. The fourth-order valence-electron chi connectivity index (χ4n) is 3.67. The standard InChI is InChI=1S/C23H28N4O/c1-6-27-17(4)22(16(3)26-27)15(2)25-23(28)20-9-7-8-19(14-20)18-10-12-21(24-5)13-11-18/h7-15,24H,6H2,1-5H3,(H,25,28)/t15-/m0/s1. The molecule has 5 heteroatoms. The van der Waals surface area contributed by atoms with E-state index in [-0.39, 0.29) is 11.9 Å². The van der Waals surface area contributed by atoms with Crippen molar-refractivity contribution in [2.24, 2.45) is 0 Å². The zero-order chi connectivity index (χ0) is 20.3. The number of hydrogen-bond acceptors (Lipinski definition) is 3. The first-order valence-corrected chi connectivity index (χ1v) is 9.67. The zero-order valence-electron chi connectivity index (χ0n) is 17.2. The van der Waals surface area contributed by atoms with E-state index in [1.165, 1.54) is 0 Å². The normalized spacial score (nSPS) is 11.9. The van der Waals surface area contributed by atoms with Gasteiger partial charge in [0.15, 0.2) is 0 Å². The minimum Gasteiger partial charge on any atom is -0.388 e. The highest BCUT2D eigenvalue weighted by atomic mass is 16.1. The molecule has 2 aromatic carbocycles. The van der Waals surface area contributed by atoms with Crippen LogP contribution < -0.4 is 10.6 Å². The summed E-state index contributed by atoms with van der Waals surface area (Å²) >= 11 is 0. The van der Waals surface area contributed by atoms with Crippen LogP contribution in [0.5, 0.6) is 0 Å². The van der Waals surface area contributed by atoms with E-state index >= 15 is 0 Å². The van der Waals surface area contributed by atoms with Crippen LogP contribution in [0.2, 0.25) is 0 Å². The van der Waals surface area contributed by atoms with Crippen LogP contribution in [0.4, 0.5) is 5.69 Å². The van der Waals surface area contributed by atoms with Crippen molar-refractivity contribution in [2.45, 2.75) is 40.3 Å². The second-order valence-corrected chi connectivity index (χ2v) is 7.00. The van der Waals surface area contributed by atoms with E-state index in [1.807, 2.05) is 62.0 Å². The van der Waals surface area contributed by atoms with Crippen molar-refractivity contribution in [3.63, 3.8) is 0 Å². The number of anilines is 1. The molecular formula is C23H28N4O. The molecule has 2 N–H and O–H groups in total. The molecule has 3 rings (SSSR count). The molecule has 0 spiro atoms. The third-order valence-corrected chi connectivity index (χ3v) is 5.15. The number of benzene rings is 2. The number of carbonyl (C=O) groups is 1. The molecule has 1 heterocycles. The van der Waals surface area contributed by atoms with Gasteiger partial charge in [0.05, 0.1) is 11.7 Å². The first-order chi connectivity index (χ1) is 13.4. The van der Waals surface area contributed by atoms with Gasteiger partial charge in [-0.3, -0.25) is 9.48 Å². The Hall–Kier alpha value is -3.08. The van der Waals surface area contributed by atoms with E-state index in [0.29, 0.717) is 5.56 Å². The Morgan fingerprint density at radius 1 is 1.11 bits per heavy atom. The first-order valence-electron chi connectivity index (χ1n) is 9.67. The quantitative estimate of drug-likeness (QED) is 0.654. The van der Waals surface area contributed by atoms with Crippen molar-refractivity contribution in [1.82, 2.24) is 15.1 Å². The predicted octanol–water partition coefficient (Wildman–Crippen LogP) is 4.72. The van der Waals surface area contributed by atoms with E-state index in [2.05, 4.69) is 41.7 Å². The van der Waals surface area contributed by atoms with Crippen molar-refractivity contribution in [3.05, 3.63) is 71.0 Å². The number of carbonyl (C=O) groups excluding carboxylic acids is 1. The SMILES string of the molecule is CCn1nc(C)c([C@H](C)NC(=O)c2cccc(-c3ccc(NC)cc3)c2)c1C. The molecule has 0 aliphatic rings. The first kappa shape index (κ1) is 19.7. The maximum atomic E-state index is 12.9. The lowest BCUT2D eigenvalue weighted by Gasteiger charge is -2.15. The summed E-state index contributed by atoms with van der Waals surface area (Å²) in [6.45, 7) is 8.95. The highest BCUT2D eigenvalue weighted by Crippen LogP contribution is 2.24. The molecule has 0 saturated carbocycles. The number of hydrogen-bond donors (Lipinski definition) is 2. The zero-order valence-corrected chi connectivity index (χ0v) is 17.2. The molecule has 5 nitrogen and oxygen atoms in total. The summed E-state index contributed by atoms with van der Waals surface area (Å²) in [7, 11) is 1.90. The van der Waals surface area contributed by atoms with Crippen LogP contribution in [0.3, 0.4) is 0 Å². The predicted molar refractivity (Wildman–Crippen MR) is 115 cm³/mol. The Balaban J connectivity index is 1.80. The van der Waals surface area contributed by atoms with Crippen LogP contribution in [0.25, 0.3) is 11.1 Å². The number of nitrogens with zero attached hydrogens (tertiary/aromatic N) is 2. The average molecular weight is 377 g/mol. The fourth-order valence-corrected chi connectivity index (χ4v) is 3.67. The molecule has 146 valence electrons. The Labute approximate surface area is 166 Å². The van der Waals surface area contributed by atoms with Crippen LogP contribution in [0, 0.1) is 13.8 Å². The van der Waals surface area contributed by atoms with Gasteiger partial charge in [0, 0.05) is 36.1 Å². The molecule has 28 heavy (non-hydrogen) atoms. The molecule has 0 bridgehead atoms. The lowest BCUT2D eigenvalue weighted by molar-refractivity contribution is 0.0940. The number of amides is 1. The van der Waals surface area contributed by atoms with E-state index in [4.69, 9.17) is 0 Å². The van der Waals surface area contributed by atoms with Crippen LogP contribution in [-0.2, 0) is 6.54 Å². The van der Waals surface area contributed by atoms with Crippen LogP contribution in [-0.4, -0.2) is 22.7 Å². The Morgan fingerprint density at radius 2 is 1.82 bits per heavy atom. The minimum absolute atomic E-state index is 0.0794. The summed E-state index contributed by atoms with van der Waals surface area (Å²) < 4.78 is 1.97. The third-order valence-electron chi connectivity index (χ3n) is 5.15. The highest BCUT2D eigenvalue weighted by molar-refractivity contribution is 5.95. The van der Waals surface area contributed by atoms with Crippen LogP contribution >= 0.6 is 0 Å². The maximum absolute atomic E-state index is 12.9. The second-order valence-electron chi connectivity index (χ2n) is 7.00. The number of aryl methyl sites for hydroxylation is 2. The molecule has 3 aromatic rings. The van der Waals surface area contributed by atoms with E-state index in [9.17, 15) is 4.79 Å². The summed E-state index contributed by atoms with van der Waals surface area (Å²) in [6.07, 6.45) is 0. The monoisotopic (exact) mass is 376 g/mol. The van der Waals surface area contributed by atoms with Crippen molar-refractivity contribution >= 4 is 11.6 Å². The van der Waals surface area contributed by atoms with Gasteiger partial charge in [0.2, 0.25) is 0 Å². The van der Waals surface area contributed by atoms with Crippen LogP contribution in [0.1, 0.15) is 47.2 Å². The van der Waals surface area contributed by atoms with E-state index in [0.717, 1.165) is 40.3 Å². The highest BCUT2D eigenvalue weighted by Gasteiger charge is 2.19. The molecule has 0 saturated heterocycles. The summed E-state index contributed by atoms with van der Waals surface area (Å²) in [5.74, 6) is -0.0794. The van der Waals surface area contributed by atoms with Gasteiger partial charge in [-0.25, -0.2) is 0 Å². The average Bonchev–Trinajstić information content (AvgIpc) is 3.01. The number of aromatic nitrogens is 2.